The monoisotopic (exact) mass is 739 g/mol. The van der Waals surface area contributed by atoms with Crippen LogP contribution in [-0.4, -0.2) is 0 Å². The number of fused-ring (bicyclic) bond motifs is 6. The van der Waals surface area contributed by atoms with Crippen LogP contribution in [-0.2, 0) is 0 Å². The van der Waals surface area contributed by atoms with Crippen LogP contribution < -0.4 is 4.90 Å². The lowest BCUT2D eigenvalue weighted by Crippen LogP contribution is -2.11. The van der Waals surface area contributed by atoms with Crippen LogP contribution in [0, 0.1) is 0 Å². The molecule has 11 rings (SSSR count). The molecule has 0 aliphatic heterocycles. The number of anilines is 3. The van der Waals surface area contributed by atoms with E-state index < -0.39 is 0 Å². The number of nitrogens with zero attached hydrogens (tertiary/aromatic N) is 1. The standard InChI is InChI=1S/C56H37NO/c1-3-15-38(16-4-1)40-29-31-41(32-30-40)43-21-14-23-46(36-43)57(45-22-13-20-42(35-45)39-17-5-2-6-18-39)53-34-33-50(56-55(53)51-27-11-12-28-54(51)58-56)52-37-44-19-7-8-24-47(44)48-25-9-10-26-49(48)52/h1-37H. The molecule has 0 spiro atoms. The van der Waals surface area contributed by atoms with Gasteiger partial charge in [-0.25, -0.2) is 0 Å². The van der Waals surface area contributed by atoms with E-state index in [1.165, 1.54) is 38.2 Å². The molecule has 2 heteroatoms. The first kappa shape index (κ1) is 33.6. The van der Waals surface area contributed by atoms with E-state index in [-0.39, 0.29) is 0 Å². The highest BCUT2D eigenvalue weighted by molar-refractivity contribution is 6.21. The molecule has 0 aliphatic rings. The van der Waals surface area contributed by atoms with Crippen LogP contribution in [0.25, 0.3) is 88.0 Å². The van der Waals surface area contributed by atoms with Crippen LogP contribution in [0.3, 0.4) is 0 Å². The Bertz CT molecular complexity index is 3270. The number of rotatable bonds is 7. The van der Waals surface area contributed by atoms with Gasteiger partial charge in [0, 0.05) is 22.3 Å². The lowest BCUT2D eigenvalue weighted by atomic mass is 9.92. The number of hydrogen-bond donors (Lipinski definition) is 0. The van der Waals surface area contributed by atoms with Gasteiger partial charge in [0.1, 0.15) is 11.2 Å². The number of para-hydroxylation sites is 1. The molecule has 0 bridgehead atoms. The molecule has 0 amide bonds. The molecule has 11 aromatic rings. The van der Waals surface area contributed by atoms with E-state index in [1.54, 1.807) is 0 Å². The summed E-state index contributed by atoms with van der Waals surface area (Å²) in [5.74, 6) is 0. The van der Waals surface area contributed by atoms with Gasteiger partial charge in [-0.15, -0.1) is 0 Å². The molecule has 2 nitrogen and oxygen atoms in total. The highest BCUT2D eigenvalue weighted by Gasteiger charge is 2.24. The molecule has 0 unspecified atom stereocenters. The van der Waals surface area contributed by atoms with Gasteiger partial charge in [0.15, 0.2) is 0 Å². The largest absolute Gasteiger partial charge is 0.455 e. The van der Waals surface area contributed by atoms with E-state index in [9.17, 15) is 0 Å². The molecule has 0 aliphatic carbocycles. The van der Waals surface area contributed by atoms with Gasteiger partial charge in [0.25, 0.3) is 0 Å². The molecule has 58 heavy (non-hydrogen) atoms. The molecule has 0 radical (unpaired) electrons. The van der Waals surface area contributed by atoms with Crippen LogP contribution in [0.1, 0.15) is 0 Å². The molecule has 272 valence electrons. The van der Waals surface area contributed by atoms with Crippen LogP contribution in [0.2, 0.25) is 0 Å². The van der Waals surface area contributed by atoms with Gasteiger partial charge < -0.3 is 9.32 Å². The first-order chi connectivity index (χ1) is 28.8. The fraction of sp³-hybridized carbons (Fsp3) is 0. The van der Waals surface area contributed by atoms with Gasteiger partial charge in [-0.05, 0) is 109 Å². The summed E-state index contributed by atoms with van der Waals surface area (Å²) in [4.78, 5) is 2.40. The first-order valence-electron chi connectivity index (χ1n) is 19.8. The molecule has 0 fully saturated rings. The molecule has 0 saturated carbocycles. The highest BCUT2D eigenvalue weighted by Crippen LogP contribution is 2.48. The molecule has 0 N–H and O–H groups in total. The third-order valence-electron chi connectivity index (χ3n) is 11.4. The predicted octanol–water partition coefficient (Wildman–Crippen LogP) is 16.0. The molecular formula is C56H37NO. The van der Waals surface area contributed by atoms with Crippen molar-refractivity contribution in [2.24, 2.45) is 0 Å². The minimum atomic E-state index is 0.863. The third-order valence-corrected chi connectivity index (χ3v) is 11.4. The predicted molar refractivity (Wildman–Crippen MR) is 245 cm³/mol. The second-order valence-electron chi connectivity index (χ2n) is 14.9. The van der Waals surface area contributed by atoms with Crippen molar-refractivity contribution in [1.82, 2.24) is 0 Å². The Labute approximate surface area is 337 Å². The van der Waals surface area contributed by atoms with Crippen molar-refractivity contribution >= 4 is 60.5 Å². The second kappa shape index (κ2) is 14.1. The normalized spacial score (nSPS) is 11.4. The Balaban J connectivity index is 1.14. The van der Waals surface area contributed by atoms with Gasteiger partial charge in [0.2, 0.25) is 0 Å². The molecule has 1 heterocycles. The fourth-order valence-electron chi connectivity index (χ4n) is 8.68. The van der Waals surface area contributed by atoms with Gasteiger partial charge in [-0.2, -0.15) is 0 Å². The van der Waals surface area contributed by atoms with Gasteiger partial charge >= 0.3 is 0 Å². The Morgan fingerprint density at radius 1 is 0.310 bits per heavy atom. The summed E-state index contributed by atoms with van der Waals surface area (Å²) in [5, 5.41) is 7.05. The molecular weight excluding hydrogens is 703 g/mol. The maximum absolute atomic E-state index is 6.97. The smallest absolute Gasteiger partial charge is 0.145 e. The maximum atomic E-state index is 6.97. The number of furan rings is 1. The summed E-state index contributed by atoms with van der Waals surface area (Å²) in [7, 11) is 0. The lowest BCUT2D eigenvalue weighted by Gasteiger charge is -2.28. The average Bonchev–Trinajstić information content (AvgIpc) is 3.70. The van der Waals surface area contributed by atoms with E-state index >= 15 is 0 Å². The van der Waals surface area contributed by atoms with Crippen molar-refractivity contribution in [2.45, 2.75) is 0 Å². The van der Waals surface area contributed by atoms with Crippen molar-refractivity contribution in [1.29, 1.82) is 0 Å². The number of hydrogen-bond acceptors (Lipinski definition) is 2. The van der Waals surface area contributed by atoms with Crippen LogP contribution in [0.15, 0.2) is 229 Å². The minimum absolute atomic E-state index is 0.863. The molecule has 0 atom stereocenters. The quantitative estimate of drug-likeness (QED) is 0.151. The Morgan fingerprint density at radius 3 is 1.48 bits per heavy atom. The van der Waals surface area contributed by atoms with Crippen LogP contribution >= 0.6 is 0 Å². The fourth-order valence-corrected chi connectivity index (χ4v) is 8.68. The van der Waals surface area contributed by atoms with E-state index in [4.69, 9.17) is 4.42 Å². The minimum Gasteiger partial charge on any atom is -0.455 e. The van der Waals surface area contributed by atoms with E-state index in [0.29, 0.717) is 0 Å². The van der Waals surface area contributed by atoms with Crippen molar-refractivity contribution in [3.05, 3.63) is 224 Å². The van der Waals surface area contributed by atoms with Crippen molar-refractivity contribution < 1.29 is 4.42 Å². The number of benzene rings is 10. The van der Waals surface area contributed by atoms with Crippen molar-refractivity contribution in [3.63, 3.8) is 0 Å². The molecule has 0 saturated heterocycles. The zero-order valence-electron chi connectivity index (χ0n) is 31.7. The van der Waals surface area contributed by atoms with E-state index in [2.05, 4.69) is 229 Å². The highest BCUT2D eigenvalue weighted by atomic mass is 16.3. The van der Waals surface area contributed by atoms with E-state index in [1.807, 2.05) is 0 Å². The summed E-state index contributed by atoms with van der Waals surface area (Å²) in [6.45, 7) is 0. The van der Waals surface area contributed by atoms with Crippen molar-refractivity contribution in [3.8, 4) is 44.5 Å². The second-order valence-corrected chi connectivity index (χ2v) is 14.9. The summed E-state index contributed by atoms with van der Waals surface area (Å²) in [5.41, 5.74) is 14.2. The van der Waals surface area contributed by atoms with Gasteiger partial charge in [-0.3, -0.25) is 0 Å². The van der Waals surface area contributed by atoms with Gasteiger partial charge in [-0.1, -0.05) is 176 Å². The first-order valence-corrected chi connectivity index (χ1v) is 19.8. The summed E-state index contributed by atoms with van der Waals surface area (Å²) in [6.07, 6.45) is 0. The van der Waals surface area contributed by atoms with Crippen LogP contribution in [0.5, 0.6) is 0 Å². The summed E-state index contributed by atoms with van der Waals surface area (Å²) < 4.78 is 6.97. The zero-order valence-corrected chi connectivity index (χ0v) is 31.7. The zero-order chi connectivity index (χ0) is 38.4. The van der Waals surface area contributed by atoms with Gasteiger partial charge in [0.05, 0.1) is 11.1 Å². The topological polar surface area (TPSA) is 16.4 Å². The SMILES string of the molecule is c1ccc(-c2ccc(-c3cccc(N(c4cccc(-c5ccccc5)c4)c4ccc(-c5cc6ccccc6c6ccccc56)c5oc6ccccc6c45)c3)cc2)cc1. The molecule has 10 aromatic carbocycles. The lowest BCUT2D eigenvalue weighted by molar-refractivity contribution is 0.670. The Morgan fingerprint density at radius 2 is 0.810 bits per heavy atom. The maximum Gasteiger partial charge on any atom is 0.145 e. The third kappa shape index (κ3) is 5.82. The summed E-state index contributed by atoms with van der Waals surface area (Å²) >= 11 is 0. The summed E-state index contributed by atoms with van der Waals surface area (Å²) in [6, 6.07) is 80.6. The molecule has 1 aromatic heterocycles. The average molecular weight is 740 g/mol. The Hall–Kier alpha value is -7.68. The van der Waals surface area contributed by atoms with Crippen LogP contribution in [0.4, 0.5) is 17.1 Å². The van der Waals surface area contributed by atoms with E-state index in [0.717, 1.165) is 66.8 Å². The van der Waals surface area contributed by atoms with Crippen molar-refractivity contribution in [2.75, 3.05) is 4.90 Å². The Kier molecular flexibility index (Phi) is 8.19.